The van der Waals surface area contributed by atoms with Crippen LogP contribution in [-0.2, 0) is 92.4 Å². The largest absolute Gasteiger partial charge is 0.432 e. The Morgan fingerprint density at radius 2 is 0.615 bits per heavy atom. The molecule has 135 heavy (non-hydrogen) atoms. The summed E-state index contributed by atoms with van der Waals surface area (Å²) in [7, 11) is 6.28. The summed E-state index contributed by atoms with van der Waals surface area (Å²) in [5, 5.41) is 0. The Bertz CT molecular complexity index is 6640. The van der Waals surface area contributed by atoms with Gasteiger partial charge < -0.3 is 47.0 Å². The monoisotopic (exact) mass is 1820 g/mol. The second-order valence-electron chi connectivity index (χ2n) is 42.2. The van der Waals surface area contributed by atoms with Crippen molar-refractivity contribution in [2.24, 2.45) is 55.6 Å². The fraction of sp³-hybridized carbons (Fsp3) is 0.522. The highest BCUT2D eigenvalue weighted by molar-refractivity contribution is 5.74. The fourth-order valence-electron chi connectivity index (χ4n) is 27.8. The maximum atomic E-state index is 5.55. The summed E-state index contributed by atoms with van der Waals surface area (Å²) < 4.78 is 28.6. The number of hydrogen-bond donors (Lipinski definition) is 0. The molecule has 0 radical (unpaired) electrons. The molecule has 4 bridgehead atoms. The molecule has 20 nitrogen and oxygen atoms in total. The molecule has 6 saturated carbocycles. The van der Waals surface area contributed by atoms with E-state index in [4.69, 9.17) is 33.8 Å². The summed E-state index contributed by atoms with van der Waals surface area (Å²) in [6.45, 7) is 59.9. The van der Waals surface area contributed by atoms with Gasteiger partial charge in [0.25, 0.3) is 0 Å². The lowest BCUT2D eigenvalue weighted by molar-refractivity contribution is -0.0603. The van der Waals surface area contributed by atoms with E-state index < -0.39 is 0 Å². The lowest BCUT2D eigenvalue weighted by Gasteiger charge is -2.62. The fourth-order valence-corrected chi connectivity index (χ4v) is 27.8. The van der Waals surface area contributed by atoms with Crippen molar-refractivity contribution in [3.05, 3.63) is 267 Å². The topological polar surface area (TPSA) is 144 Å². The molecule has 2 atom stereocenters. The van der Waals surface area contributed by atoms with E-state index in [1.807, 2.05) is 81.6 Å². The van der Waals surface area contributed by atoms with Crippen molar-refractivity contribution in [3.63, 3.8) is 0 Å². The first kappa shape index (κ1) is 94.2. The summed E-state index contributed by atoms with van der Waals surface area (Å²) in [5.74, 6) is 8.12. The van der Waals surface area contributed by atoms with Gasteiger partial charge in [0.05, 0.1) is 117 Å². The summed E-state index contributed by atoms with van der Waals surface area (Å²) >= 11 is 0. The van der Waals surface area contributed by atoms with Gasteiger partial charge in [-0.25, -0.2) is 15.0 Å². The highest BCUT2D eigenvalue weighted by Crippen LogP contribution is 2.70. The zero-order valence-corrected chi connectivity index (χ0v) is 86.8. The molecule has 716 valence electrons. The van der Waals surface area contributed by atoms with Crippen molar-refractivity contribution in [2.45, 2.75) is 334 Å². The molecule has 20 heteroatoms. The first-order valence-electron chi connectivity index (χ1n) is 51.7. The van der Waals surface area contributed by atoms with E-state index in [2.05, 4.69) is 332 Å². The van der Waals surface area contributed by atoms with E-state index in [9.17, 15) is 0 Å². The lowest BCUT2D eigenvalue weighted by Crippen LogP contribution is -2.62. The molecular formula is C115H154N18O2. The third-order valence-corrected chi connectivity index (χ3v) is 35.9. The van der Waals surface area contributed by atoms with E-state index in [0.717, 1.165) is 85.4 Å². The number of anilines is 5. The molecule has 3 spiro atoms. The van der Waals surface area contributed by atoms with Crippen molar-refractivity contribution in [3.8, 4) is 0 Å². The Kier molecular flexibility index (Phi) is 24.3. The molecular weight excluding hydrogens is 1670 g/mol. The van der Waals surface area contributed by atoms with Crippen LogP contribution in [0.3, 0.4) is 0 Å². The predicted molar refractivity (Wildman–Crippen MR) is 553 cm³/mol. The first-order valence-corrected chi connectivity index (χ1v) is 51.7. The van der Waals surface area contributed by atoms with Crippen LogP contribution in [0.5, 0.6) is 0 Å². The highest BCUT2D eigenvalue weighted by Gasteiger charge is 2.68. The van der Waals surface area contributed by atoms with Gasteiger partial charge in [0.15, 0.2) is 0 Å². The van der Waals surface area contributed by atoms with E-state index in [1.165, 1.54) is 214 Å². The number of hydrogen-bond acceptors (Lipinski definition) is 12. The number of fused-ring (bicyclic) bond motifs is 25. The van der Waals surface area contributed by atoms with Crippen LogP contribution < -0.4 is 24.5 Å². The van der Waals surface area contributed by atoms with Crippen LogP contribution in [0.2, 0.25) is 0 Å². The Morgan fingerprint density at radius 3 is 0.985 bits per heavy atom. The van der Waals surface area contributed by atoms with Crippen LogP contribution in [0, 0.1) is 69.1 Å². The zero-order valence-electron chi connectivity index (χ0n) is 86.8. The van der Waals surface area contributed by atoms with Crippen molar-refractivity contribution in [2.75, 3.05) is 24.5 Å². The number of oxazole rings is 2. The molecule has 17 heterocycles. The summed E-state index contributed by atoms with van der Waals surface area (Å²) in [6, 6.07) is 40.0. The van der Waals surface area contributed by atoms with E-state index >= 15 is 0 Å². The molecule has 0 N–H and O–H groups in total. The van der Waals surface area contributed by atoms with E-state index in [-0.39, 0.29) is 49.4 Å². The van der Waals surface area contributed by atoms with Crippen LogP contribution in [0.1, 0.15) is 324 Å². The molecule has 6 fully saturated rings. The SMILES string of the molecule is CC.CC.CC.CC.CC.Cc1cccc2c1N1Cc3c(nc4n(C)ccn34)C1(C)C(C)(C)C2(C)C.Cc1cccc2c1N1Cc3c(nc4n(C)ccn34)C1(C)C(C)(C)C2(C)C.Cc1ccccc1N1Cc2c(nc3n(C)ccn23)C12C1CC3CC(C1)CC2C3.Cc1ccccc1N1Cc2c(nc3occn23)C12CCCC2.Cc1ccccc1N1Cc2c(nc3occn23)C12CCCCC2. The lowest BCUT2D eigenvalue weighted by atomic mass is 9.47. The third kappa shape index (κ3) is 13.3. The maximum absolute atomic E-state index is 5.55. The number of para-hydroxylation sites is 5. The van der Waals surface area contributed by atoms with Crippen molar-refractivity contribution in [1.29, 1.82) is 0 Å². The summed E-state index contributed by atoms with van der Waals surface area (Å²) in [4.78, 5) is 38.6. The molecule has 5 aromatic carbocycles. The van der Waals surface area contributed by atoms with Crippen molar-refractivity contribution in [1.82, 2.24) is 60.6 Å². The van der Waals surface area contributed by atoms with Gasteiger partial charge in [0, 0.05) is 110 Å². The average molecular weight is 1820 g/mol. The normalized spacial score (nSPS) is 23.8. The van der Waals surface area contributed by atoms with Crippen molar-refractivity contribution >= 4 is 57.5 Å². The van der Waals surface area contributed by atoms with Gasteiger partial charge in [-0.15, -0.1) is 0 Å². The molecule has 7 aliphatic heterocycles. The van der Waals surface area contributed by atoms with Gasteiger partial charge in [-0.05, 0) is 198 Å². The minimum absolute atomic E-state index is 0.0178. The molecule has 6 aliphatic carbocycles. The van der Waals surface area contributed by atoms with Crippen molar-refractivity contribution < 1.29 is 8.83 Å². The van der Waals surface area contributed by atoms with Gasteiger partial charge in [-0.3, -0.25) is 22.0 Å². The third-order valence-electron chi connectivity index (χ3n) is 35.9. The maximum Gasteiger partial charge on any atom is 0.306 e. The van der Waals surface area contributed by atoms with Crippen LogP contribution in [-0.4, -0.2) is 60.6 Å². The smallest absolute Gasteiger partial charge is 0.306 e. The Labute approximate surface area is 803 Å². The molecule has 2 unspecified atom stereocenters. The van der Waals surface area contributed by atoms with Gasteiger partial charge in [0.2, 0.25) is 17.3 Å². The van der Waals surface area contributed by atoms with Crippen LogP contribution >= 0.6 is 0 Å². The summed E-state index contributed by atoms with van der Waals surface area (Å²) in [6.07, 6.45) is 38.6. The Hall–Kier alpha value is -11.2. The quantitative estimate of drug-likeness (QED) is 0.166. The van der Waals surface area contributed by atoms with Crippen LogP contribution in [0.15, 0.2) is 180 Å². The van der Waals surface area contributed by atoms with E-state index in [1.54, 1.807) is 12.5 Å². The first-order chi connectivity index (χ1) is 65.0. The summed E-state index contributed by atoms with van der Waals surface area (Å²) in [5.41, 5.74) is 29.8. The molecule has 28 rings (SSSR count). The average Bonchev–Trinajstić information content (AvgIpc) is 1.52. The highest BCUT2D eigenvalue weighted by atomic mass is 16.3. The molecule has 15 aromatic rings. The molecule has 13 aliphatic rings. The number of aryl methyl sites for hydroxylation is 8. The van der Waals surface area contributed by atoms with Gasteiger partial charge >= 0.3 is 11.7 Å². The molecule has 0 amide bonds. The minimum Gasteiger partial charge on any atom is -0.432 e. The van der Waals surface area contributed by atoms with Crippen LogP contribution in [0.25, 0.3) is 29.0 Å². The minimum atomic E-state index is -0.142. The standard InChI is InChI=1S/C24H28N4.2C22H28N4.C19H21N3O.C18H19N3O.5C2H6/c1-15-5-3-4-6-20(15)28-14-21-22(25-23-26(2)7-8-27(21)23)24(28)18-10-16-9-17(12-18)13-19(24)11-16;2*1-14-9-8-10-15-17(14)26-13-16-18(23-19-24(7)11-12-25(16)19)22(26,6)21(4,5)20(15,2)3;1-14-7-3-4-8-15(14)22-13-16-17(19(22)9-5-2-6-10-19)20-18-21(16)11-12-23-18;1-13-6-2-3-7-14(13)21-12-15-16(18(21)8-4-5-9-18)19-17-20(15)10-11-22-17;5*1-2/h3-8,16-19H,9-14H2,1-2H3;2*8-12H,13H2,1-7H3;3-4,7-8,11-12H,2,5-6,9-10,13H2,1H3;2-3,6-7,10-11H,4-5,8-9,12H2,1H3;5*1-2H3. The number of imidazole rings is 8. The number of aromatic nitrogens is 13. The van der Waals surface area contributed by atoms with Crippen LogP contribution in [0.4, 0.5) is 28.4 Å². The zero-order chi connectivity index (χ0) is 96.1. The van der Waals surface area contributed by atoms with E-state index in [0.29, 0.717) is 0 Å². The number of nitrogens with zero attached hydrogens (tertiary/aromatic N) is 18. The molecule has 10 aromatic heterocycles. The number of rotatable bonds is 3. The second kappa shape index (κ2) is 34.8. The number of benzene rings is 5. The van der Waals surface area contributed by atoms with Gasteiger partial charge in [-0.2, -0.15) is 9.97 Å². The second-order valence-corrected chi connectivity index (χ2v) is 42.2. The Morgan fingerprint density at radius 1 is 0.304 bits per heavy atom. The van der Waals surface area contributed by atoms with Gasteiger partial charge in [-0.1, -0.05) is 248 Å². The Balaban J connectivity index is 0.000000110. The predicted octanol–water partition coefficient (Wildman–Crippen LogP) is 27.3. The van der Waals surface area contributed by atoms with Gasteiger partial charge in [0.1, 0.15) is 12.5 Å². The molecule has 0 saturated heterocycles.